The fraction of sp³-hybridized carbons (Fsp3) is 0.182. The van der Waals surface area contributed by atoms with Gasteiger partial charge >= 0.3 is 0 Å². The van der Waals surface area contributed by atoms with Crippen LogP contribution in [-0.2, 0) is 19.2 Å². The molecule has 0 aliphatic carbocycles. The summed E-state index contributed by atoms with van der Waals surface area (Å²) in [6.07, 6.45) is 0. The van der Waals surface area contributed by atoms with Gasteiger partial charge in [-0.2, -0.15) is 20.5 Å². The molecule has 0 aliphatic heterocycles. The number of anilines is 4. The van der Waals surface area contributed by atoms with E-state index in [9.17, 15) is 28.8 Å². The van der Waals surface area contributed by atoms with Crippen LogP contribution in [0, 0.1) is 27.7 Å². The molecule has 58 heavy (non-hydrogen) atoms. The van der Waals surface area contributed by atoms with Crippen LogP contribution < -0.4 is 21.3 Å². The Hall–Kier alpha value is -7.48. The summed E-state index contributed by atoms with van der Waals surface area (Å²) >= 11 is 0. The second kappa shape index (κ2) is 18.9. The molecule has 0 saturated carbocycles. The van der Waals surface area contributed by atoms with Crippen LogP contribution in [0.1, 0.15) is 56.8 Å². The molecule has 0 fully saturated rings. The SMILES string of the molecule is CC(=O)C(N=Nc1cc(C(=O)Nc2ccccc2)ccc1C)C(=O)Nc1cc(C)c(NC(=O)C(N=Nc2cc(C(=O)Nc3ccccc3)ccc2C)C(C)=O)cc1C. The van der Waals surface area contributed by atoms with Crippen molar-refractivity contribution in [2.75, 3.05) is 21.3 Å². The van der Waals surface area contributed by atoms with E-state index in [4.69, 9.17) is 0 Å². The van der Waals surface area contributed by atoms with E-state index in [1.165, 1.54) is 26.0 Å². The molecular formula is C44H42N8O6. The highest BCUT2D eigenvalue weighted by atomic mass is 16.2. The van der Waals surface area contributed by atoms with E-state index in [1.807, 2.05) is 12.1 Å². The second-order valence-electron chi connectivity index (χ2n) is 13.6. The number of aryl methyl sites for hydroxylation is 4. The first-order chi connectivity index (χ1) is 27.7. The maximum absolute atomic E-state index is 13.4. The molecule has 5 aromatic carbocycles. The largest absolute Gasteiger partial charge is 0.324 e. The van der Waals surface area contributed by atoms with Crippen molar-refractivity contribution in [1.82, 2.24) is 0 Å². The lowest BCUT2D eigenvalue weighted by atomic mass is 10.1. The van der Waals surface area contributed by atoms with E-state index < -0.39 is 35.5 Å². The van der Waals surface area contributed by atoms with Gasteiger partial charge in [-0.25, -0.2) is 0 Å². The number of para-hydroxylation sites is 2. The van der Waals surface area contributed by atoms with Crippen LogP contribution in [0.5, 0.6) is 0 Å². The van der Waals surface area contributed by atoms with E-state index in [0.717, 1.165) is 0 Å². The number of nitrogens with one attached hydrogen (secondary N) is 4. The third kappa shape index (κ3) is 10.8. The van der Waals surface area contributed by atoms with E-state index >= 15 is 0 Å². The maximum atomic E-state index is 13.4. The molecule has 14 heteroatoms. The number of ketones is 2. The van der Waals surface area contributed by atoms with Gasteiger partial charge in [0.15, 0.2) is 11.6 Å². The Morgan fingerprint density at radius 3 is 1.16 bits per heavy atom. The fourth-order valence-corrected chi connectivity index (χ4v) is 5.53. The van der Waals surface area contributed by atoms with Gasteiger partial charge in [0.1, 0.15) is 0 Å². The van der Waals surface area contributed by atoms with E-state index in [-0.39, 0.29) is 11.8 Å². The molecule has 294 valence electrons. The van der Waals surface area contributed by atoms with Gasteiger partial charge in [-0.05, 0) is 124 Å². The van der Waals surface area contributed by atoms with Gasteiger partial charge in [-0.15, -0.1) is 0 Å². The summed E-state index contributed by atoms with van der Waals surface area (Å²) in [5.74, 6) is -3.31. The highest BCUT2D eigenvalue weighted by Gasteiger charge is 2.26. The lowest BCUT2D eigenvalue weighted by molar-refractivity contribution is -0.127. The Balaban J connectivity index is 1.26. The van der Waals surface area contributed by atoms with Crippen molar-refractivity contribution in [2.45, 2.75) is 53.6 Å². The monoisotopic (exact) mass is 778 g/mol. The molecule has 4 N–H and O–H groups in total. The first-order valence-electron chi connectivity index (χ1n) is 18.2. The standard InChI is InChI=1S/C44H42N8O6/c1-25-17-19-31(41(55)45-33-13-9-7-10-14-33)23-37(25)49-51-39(29(5)53)43(57)47-35-21-28(4)36(22-27(35)3)48-44(58)40(30(6)54)52-50-38-24-32(20-18-26(38)2)42(56)46-34-15-11-8-12-16-34/h7-24,39-40H,1-6H3,(H,45,55)(H,46,56)(H,47,57)(H,48,58). The van der Waals surface area contributed by atoms with Crippen molar-refractivity contribution in [3.05, 3.63) is 143 Å². The summed E-state index contributed by atoms with van der Waals surface area (Å²) in [6, 6.07) is 27.8. The minimum atomic E-state index is -1.50. The van der Waals surface area contributed by atoms with Crippen LogP contribution in [0.25, 0.3) is 0 Å². The zero-order valence-electron chi connectivity index (χ0n) is 32.8. The Kier molecular flexibility index (Phi) is 13.6. The molecule has 2 unspecified atom stereocenters. The molecule has 0 bridgehead atoms. The zero-order valence-corrected chi connectivity index (χ0v) is 32.8. The molecule has 0 radical (unpaired) electrons. The summed E-state index contributed by atoms with van der Waals surface area (Å²) in [7, 11) is 0. The topological polar surface area (TPSA) is 200 Å². The van der Waals surface area contributed by atoms with Gasteiger partial charge in [0.05, 0.1) is 11.4 Å². The van der Waals surface area contributed by atoms with Crippen LogP contribution in [0.4, 0.5) is 34.1 Å². The van der Waals surface area contributed by atoms with Crippen molar-refractivity contribution in [3.63, 3.8) is 0 Å². The molecule has 14 nitrogen and oxygen atoms in total. The van der Waals surface area contributed by atoms with Crippen molar-refractivity contribution >= 4 is 69.3 Å². The number of carbonyl (C=O) groups is 6. The third-order valence-corrected chi connectivity index (χ3v) is 8.92. The first-order valence-corrected chi connectivity index (χ1v) is 18.2. The number of Topliss-reactive ketones (excluding diaryl/α,β-unsaturated/α-hetero) is 2. The molecule has 0 spiro atoms. The predicted molar refractivity (Wildman–Crippen MR) is 222 cm³/mol. The molecular weight excluding hydrogens is 737 g/mol. The number of carbonyl (C=O) groups excluding carboxylic acids is 6. The van der Waals surface area contributed by atoms with Crippen molar-refractivity contribution < 1.29 is 28.8 Å². The van der Waals surface area contributed by atoms with E-state index in [0.29, 0.717) is 67.5 Å². The molecule has 4 amide bonds. The average Bonchev–Trinajstić information content (AvgIpc) is 3.18. The lowest BCUT2D eigenvalue weighted by Crippen LogP contribution is -2.32. The molecule has 0 saturated heterocycles. The summed E-state index contributed by atoms with van der Waals surface area (Å²) < 4.78 is 0. The minimum absolute atomic E-state index is 0.310. The van der Waals surface area contributed by atoms with Crippen LogP contribution in [0.2, 0.25) is 0 Å². The van der Waals surface area contributed by atoms with Gasteiger partial charge in [0, 0.05) is 33.9 Å². The van der Waals surface area contributed by atoms with Gasteiger partial charge in [0.2, 0.25) is 12.1 Å². The van der Waals surface area contributed by atoms with Gasteiger partial charge in [-0.3, -0.25) is 28.8 Å². The Labute approximate surface area is 335 Å². The number of nitrogens with zero attached hydrogens (tertiary/aromatic N) is 4. The maximum Gasteiger partial charge on any atom is 0.258 e. The summed E-state index contributed by atoms with van der Waals surface area (Å²) in [6.45, 7) is 9.35. The van der Waals surface area contributed by atoms with Crippen LogP contribution in [-0.4, -0.2) is 47.3 Å². The molecule has 5 rings (SSSR count). The first kappa shape index (κ1) is 41.7. The van der Waals surface area contributed by atoms with Gasteiger partial charge in [-0.1, -0.05) is 48.5 Å². The lowest BCUT2D eigenvalue weighted by Gasteiger charge is -2.16. The van der Waals surface area contributed by atoms with Gasteiger partial charge < -0.3 is 21.3 Å². The molecule has 2 atom stereocenters. The molecule has 0 heterocycles. The van der Waals surface area contributed by atoms with Crippen LogP contribution in [0.3, 0.4) is 0 Å². The highest BCUT2D eigenvalue weighted by Crippen LogP contribution is 2.27. The second-order valence-corrected chi connectivity index (χ2v) is 13.6. The summed E-state index contributed by atoms with van der Waals surface area (Å²) in [5, 5.41) is 27.5. The number of hydrogen-bond donors (Lipinski definition) is 4. The predicted octanol–water partition coefficient (Wildman–Crippen LogP) is 8.78. The Morgan fingerprint density at radius 1 is 0.448 bits per heavy atom. The quantitative estimate of drug-likeness (QED) is 0.0641. The molecule has 0 aromatic heterocycles. The van der Waals surface area contributed by atoms with Gasteiger partial charge in [0.25, 0.3) is 23.6 Å². The number of hydrogen-bond acceptors (Lipinski definition) is 10. The smallest absolute Gasteiger partial charge is 0.258 e. The minimum Gasteiger partial charge on any atom is -0.324 e. The van der Waals surface area contributed by atoms with Crippen molar-refractivity contribution in [3.8, 4) is 0 Å². The van der Waals surface area contributed by atoms with Crippen LogP contribution >= 0.6 is 0 Å². The fourth-order valence-electron chi connectivity index (χ4n) is 5.53. The number of benzene rings is 5. The average molecular weight is 779 g/mol. The van der Waals surface area contributed by atoms with Crippen molar-refractivity contribution in [1.29, 1.82) is 0 Å². The zero-order chi connectivity index (χ0) is 41.9. The van der Waals surface area contributed by atoms with Crippen LogP contribution in [0.15, 0.2) is 130 Å². The molecule has 0 aliphatic rings. The number of amides is 4. The van der Waals surface area contributed by atoms with Crippen molar-refractivity contribution in [2.24, 2.45) is 20.5 Å². The molecule has 5 aromatic rings. The Morgan fingerprint density at radius 2 is 0.810 bits per heavy atom. The normalized spacial score (nSPS) is 12.1. The van der Waals surface area contributed by atoms with E-state index in [2.05, 4.69) is 41.7 Å². The number of azo groups is 2. The van der Waals surface area contributed by atoms with E-state index in [1.54, 1.807) is 113 Å². The summed E-state index contributed by atoms with van der Waals surface area (Å²) in [4.78, 5) is 77.6. The Bertz CT molecular complexity index is 2280. The number of rotatable bonds is 14. The third-order valence-electron chi connectivity index (χ3n) is 8.92. The summed E-state index contributed by atoms with van der Waals surface area (Å²) in [5.41, 5.74) is 5.61. The highest BCUT2D eigenvalue weighted by molar-refractivity contribution is 6.12.